The van der Waals surface area contributed by atoms with E-state index in [0.717, 1.165) is 21.0 Å². The summed E-state index contributed by atoms with van der Waals surface area (Å²) in [5, 5.41) is 17.0. The van der Waals surface area contributed by atoms with E-state index in [0.29, 0.717) is 16.1 Å². The average molecular weight is 360 g/mol. The molecule has 2 aromatic carbocycles. The van der Waals surface area contributed by atoms with Crippen LogP contribution >= 0.6 is 0 Å². The molecule has 0 saturated heterocycles. The van der Waals surface area contributed by atoms with E-state index in [4.69, 9.17) is 0 Å². The molecule has 1 aromatic heterocycles. The SMILES string of the molecule is C=C/C=c1/c(=O)n(C(C)C(=O)O)nc(-c2ccc3ccccc3c2)/c1=C/C. The lowest BCUT2D eigenvalue weighted by molar-refractivity contribution is -0.140. The van der Waals surface area contributed by atoms with E-state index in [-0.39, 0.29) is 0 Å². The summed E-state index contributed by atoms with van der Waals surface area (Å²) >= 11 is 0. The molecule has 0 spiro atoms. The minimum atomic E-state index is -1.12. The number of hydrogen-bond donors (Lipinski definition) is 1. The Morgan fingerprint density at radius 2 is 1.89 bits per heavy atom. The van der Waals surface area contributed by atoms with Gasteiger partial charge in [-0.05, 0) is 36.8 Å². The fourth-order valence-corrected chi connectivity index (χ4v) is 3.06. The zero-order chi connectivity index (χ0) is 19.6. The van der Waals surface area contributed by atoms with Gasteiger partial charge in [-0.15, -0.1) is 0 Å². The summed E-state index contributed by atoms with van der Waals surface area (Å²) in [6, 6.07) is 12.8. The molecule has 0 radical (unpaired) electrons. The number of nitrogens with zero attached hydrogens (tertiary/aromatic N) is 2. The number of carboxylic acid groups (broad SMARTS) is 1. The molecule has 27 heavy (non-hydrogen) atoms. The van der Waals surface area contributed by atoms with Crippen LogP contribution in [-0.2, 0) is 4.79 Å². The number of carboxylic acids is 1. The lowest BCUT2D eigenvalue weighted by Crippen LogP contribution is -2.49. The van der Waals surface area contributed by atoms with Crippen molar-refractivity contribution >= 4 is 28.9 Å². The highest BCUT2D eigenvalue weighted by Gasteiger charge is 2.19. The standard InChI is InChI=1S/C22H20N2O3/c1-4-8-19-18(5-2)20(23-24(21(19)25)14(3)22(26)27)17-12-11-15-9-6-7-10-16(15)13-17/h4-14H,1H2,2-3H3,(H,26,27)/b18-5+,19-8+. The predicted molar refractivity (Wildman–Crippen MR) is 108 cm³/mol. The van der Waals surface area contributed by atoms with Gasteiger partial charge in [0.05, 0.1) is 10.9 Å². The summed E-state index contributed by atoms with van der Waals surface area (Å²) in [5.74, 6) is -1.12. The molecule has 0 fully saturated rings. The lowest BCUT2D eigenvalue weighted by Gasteiger charge is -2.13. The van der Waals surface area contributed by atoms with Crippen LogP contribution in [0.25, 0.3) is 34.2 Å². The van der Waals surface area contributed by atoms with Crippen LogP contribution in [0.15, 0.2) is 59.9 Å². The molecule has 0 amide bonds. The molecule has 3 rings (SSSR count). The number of hydrogen-bond acceptors (Lipinski definition) is 3. The summed E-state index contributed by atoms with van der Waals surface area (Å²) in [4.78, 5) is 24.3. The van der Waals surface area contributed by atoms with Crippen LogP contribution in [0.2, 0.25) is 0 Å². The Morgan fingerprint density at radius 3 is 2.52 bits per heavy atom. The van der Waals surface area contributed by atoms with Crippen molar-refractivity contribution in [3.8, 4) is 11.3 Å². The van der Waals surface area contributed by atoms with Crippen molar-refractivity contribution in [3.05, 3.63) is 75.9 Å². The molecule has 136 valence electrons. The topological polar surface area (TPSA) is 72.2 Å². The number of fused-ring (bicyclic) bond motifs is 1. The predicted octanol–water partition coefficient (Wildman–Crippen LogP) is 2.48. The van der Waals surface area contributed by atoms with Gasteiger partial charge in [0.2, 0.25) is 0 Å². The Hall–Kier alpha value is -3.47. The molecule has 0 bridgehead atoms. The van der Waals surface area contributed by atoms with Gasteiger partial charge in [-0.3, -0.25) is 4.79 Å². The fraction of sp³-hybridized carbons (Fsp3) is 0.136. The van der Waals surface area contributed by atoms with Crippen LogP contribution in [0.5, 0.6) is 0 Å². The molecule has 0 aliphatic rings. The first-order chi connectivity index (χ1) is 13.0. The molecular formula is C22H20N2O3. The number of aromatic nitrogens is 2. The monoisotopic (exact) mass is 360 g/mol. The second-order valence-corrected chi connectivity index (χ2v) is 6.19. The van der Waals surface area contributed by atoms with Gasteiger partial charge < -0.3 is 5.11 Å². The average Bonchev–Trinajstić information content (AvgIpc) is 2.68. The van der Waals surface area contributed by atoms with Crippen molar-refractivity contribution < 1.29 is 9.90 Å². The number of carbonyl (C=O) groups is 1. The van der Waals surface area contributed by atoms with E-state index < -0.39 is 17.6 Å². The van der Waals surface area contributed by atoms with Gasteiger partial charge in [-0.25, -0.2) is 9.48 Å². The Balaban J connectivity index is 2.43. The normalized spacial score (nSPS) is 13.7. The van der Waals surface area contributed by atoms with Gasteiger partial charge in [0.15, 0.2) is 6.04 Å². The van der Waals surface area contributed by atoms with Crippen molar-refractivity contribution in [2.24, 2.45) is 0 Å². The van der Waals surface area contributed by atoms with E-state index in [1.54, 1.807) is 6.08 Å². The molecular weight excluding hydrogens is 340 g/mol. The molecule has 1 atom stereocenters. The van der Waals surface area contributed by atoms with Gasteiger partial charge in [0, 0.05) is 10.8 Å². The van der Waals surface area contributed by atoms with Gasteiger partial charge >= 0.3 is 5.97 Å². The van der Waals surface area contributed by atoms with Crippen molar-refractivity contribution in [1.29, 1.82) is 0 Å². The van der Waals surface area contributed by atoms with E-state index in [1.807, 2.05) is 55.5 Å². The van der Waals surface area contributed by atoms with E-state index in [1.165, 1.54) is 13.0 Å². The number of rotatable bonds is 4. The smallest absolute Gasteiger partial charge is 0.328 e. The van der Waals surface area contributed by atoms with Crippen LogP contribution in [0, 0.1) is 0 Å². The Morgan fingerprint density at radius 1 is 1.19 bits per heavy atom. The maximum Gasteiger partial charge on any atom is 0.328 e. The molecule has 0 aliphatic heterocycles. The van der Waals surface area contributed by atoms with Crippen LogP contribution < -0.4 is 16.0 Å². The molecule has 5 nitrogen and oxygen atoms in total. The Kier molecular flexibility index (Phi) is 5.03. The zero-order valence-corrected chi connectivity index (χ0v) is 15.2. The third kappa shape index (κ3) is 3.31. The summed E-state index contributed by atoms with van der Waals surface area (Å²) in [7, 11) is 0. The van der Waals surface area contributed by atoms with Gasteiger partial charge in [-0.2, -0.15) is 5.10 Å². The maximum atomic E-state index is 12.8. The molecule has 1 heterocycles. The van der Waals surface area contributed by atoms with Gasteiger partial charge in [0.25, 0.3) is 5.56 Å². The van der Waals surface area contributed by atoms with Gasteiger partial charge in [-0.1, -0.05) is 55.1 Å². The Labute approximate surface area is 156 Å². The quantitative estimate of drug-likeness (QED) is 0.776. The molecule has 3 aromatic rings. The van der Waals surface area contributed by atoms with Gasteiger partial charge in [0.1, 0.15) is 0 Å². The van der Waals surface area contributed by atoms with Crippen molar-refractivity contribution in [2.75, 3.05) is 0 Å². The minimum absolute atomic E-state index is 0.374. The highest BCUT2D eigenvalue weighted by Crippen LogP contribution is 2.20. The highest BCUT2D eigenvalue weighted by molar-refractivity contribution is 5.86. The molecule has 0 aliphatic carbocycles. The molecule has 0 saturated carbocycles. The first-order valence-corrected chi connectivity index (χ1v) is 8.61. The van der Waals surface area contributed by atoms with Crippen LogP contribution in [0.4, 0.5) is 0 Å². The number of aliphatic carboxylic acids is 1. The van der Waals surface area contributed by atoms with Crippen LogP contribution in [0.1, 0.15) is 19.9 Å². The van der Waals surface area contributed by atoms with E-state index >= 15 is 0 Å². The van der Waals surface area contributed by atoms with Crippen molar-refractivity contribution in [3.63, 3.8) is 0 Å². The third-order valence-corrected chi connectivity index (χ3v) is 4.51. The highest BCUT2D eigenvalue weighted by atomic mass is 16.4. The largest absolute Gasteiger partial charge is 0.480 e. The molecule has 1 unspecified atom stereocenters. The second kappa shape index (κ2) is 7.41. The first kappa shape index (κ1) is 18.3. The fourth-order valence-electron chi connectivity index (χ4n) is 3.06. The summed E-state index contributed by atoms with van der Waals surface area (Å²) < 4.78 is 1.02. The zero-order valence-electron chi connectivity index (χ0n) is 15.2. The van der Waals surface area contributed by atoms with Crippen molar-refractivity contribution in [1.82, 2.24) is 9.78 Å². The second-order valence-electron chi connectivity index (χ2n) is 6.19. The summed E-state index contributed by atoms with van der Waals surface area (Å²) in [6.45, 7) is 6.94. The summed E-state index contributed by atoms with van der Waals surface area (Å²) in [6.07, 6.45) is 4.92. The van der Waals surface area contributed by atoms with Crippen molar-refractivity contribution in [2.45, 2.75) is 19.9 Å². The number of allylic oxidation sites excluding steroid dienone is 1. The third-order valence-electron chi connectivity index (χ3n) is 4.51. The lowest BCUT2D eigenvalue weighted by atomic mass is 10.0. The van der Waals surface area contributed by atoms with Crippen LogP contribution in [0.3, 0.4) is 0 Å². The van der Waals surface area contributed by atoms with Crippen LogP contribution in [-0.4, -0.2) is 20.9 Å². The molecule has 1 N–H and O–H groups in total. The summed E-state index contributed by atoms with van der Waals surface area (Å²) in [5.41, 5.74) is 0.915. The Bertz CT molecular complexity index is 1220. The molecule has 5 heteroatoms. The minimum Gasteiger partial charge on any atom is -0.480 e. The first-order valence-electron chi connectivity index (χ1n) is 8.61. The van der Waals surface area contributed by atoms with E-state index in [2.05, 4.69) is 11.7 Å². The number of benzene rings is 2. The maximum absolute atomic E-state index is 12.8. The van der Waals surface area contributed by atoms with E-state index in [9.17, 15) is 14.7 Å².